The Morgan fingerprint density at radius 1 is 1.26 bits per heavy atom. The lowest BCUT2D eigenvalue weighted by Crippen LogP contribution is -2.39. The van der Waals surface area contributed by atoms with E-state index in [9.17, 15) is 0 Å². The van der Waals surface area contributed by atoms with Crippen molar-refractivity contribution in [2.45, 2.75) is 39.7 Å². The molecular formula is C17H28N2. The van der Waals surface area contributed by atoms with Crippen molar-refractivity contribution in [2.75, 3.05) is 25.0 Å². The van der Waals surface area contributed by atoms with E-state index >= 15 is 0 Å². The molecule has 1 aromatic carbocycles. The highest BCUT2D eigenvalue weighted by Crippen LogP contribution is 2.32. The van der Waals surface area contributed by atoms with Crippen LogP contribution in [0, 0.1) is 11.8 Å². The van der Waals surface area contributed by atoms with Crippen LogP contribution in [0.25, 0.3) is 0 Å². The molecule has 2 nitrogen and oxygen atoms in total. The smallest absolute Gasteiger partial charge is 0.0414 e. The summed E-state index contributed by atoms with van der Waals surface area (Å²) in [6.45, 7) is 9.41. The molecule has 1 N–H and O–H groups in total. The first-order chi connectivity index (χ1) is 9.17. The van der Waals surface area contributed by atoms with Crippen molar-refractivity contribution < 1.29 is 0 Å². The molecule has 1 heterocycles. The third kappa shape index (κ3) is 3.11. The van der Waals surface area contributed by atoms with E-state index in [1.807, 2.05) is 0 Å². The maximum absolute atomic E-state index is 3.44. The van der Waals surface area contributed by atoms with Crippen LogP contribution in [0.3, 0.4) is 0 Å². The summed E-state index contributed by atoms with van der Waals surface area (Å²) in [7, 11) is 2.06. The lowest BCUT2D eigenvalue weighted by Gasteiger charge is -2.38. The predicted octanol–water partition coefficient (Wildman–Crippen LogP) is 3.84. The van der Waals surface area contributed by atoms with Crippen LogP contribution in [-0.2, 0) is 0 Å². The molecule has 0 aliphatic carbocycles. The lowest BCUT2D eigenvalue weighted by molar-refractivity contribution is 0.323. The maximum Gasteiger partial charge on any atom is 0.0414 e. The molecule has 3 atom stereocenters. The van der Waals surface area contributed by atoms with Gasteiger partial charge >= 0.3 is 0 Å². The van der Waals surface area contributed by atoms with E-state index in [4.69, 9.17) is 0 Å². The molecule has 1 saturated heterocycles. The topological polar surface area (TPSA) is 15.3 Å². The average molecular weight is 260 g/mol. The normalized spacial score (nSPS) is 25.4. The Labute approximate surface area is 118 Å². The zero-order valence-corrected chi connectivity index (χ0v) is 12.8. The van der Waals surface area contributed by atoms with Crippen LogP contribution >= 0.6 is 0 Å². The summed E-state index contributed by atoms with van der Waals surface area (Å²) in [6.07, 6.45) is 2.44. The van der Waals surface area contributed by atoms with Crippen LogP contribution in [-0.4, -0.2) is 20.1 Å². The SMILES string of the molecule is CCC(NC)c1ccccc1N1CCC(C)C(C)C1. The molecule has 1 aromatic rings. The predicted molar refractivity (Wildman–Crippen MR) is 83.7 cm³/mol. The molecule has 2 heteroatoms. The summed E-state index contributed by atoms with van der Waals surface area (Å²) in [6, 6.07) is 9.37. The largest absolute Gasteiger partial charge is 0.371 e. The van der Waals surface area contributed by atoms with Crippen LogP contribution in [0.1, 0.15) is 45.2 Å². The van der Waals surface area contributed by atoms with Gasteiger partial charge in [-0.2, -0.15) is 0 Å². The van der Waals surface area contributed by atoms with Crippen LogP contribution < -0.4 is 10.2 Å². The van der Waals surface area contributed by atoms with Gasteiger partial charge in [-0.15, -0.1) is 0 Å². The van der Waals surface area contributed by atoms with Gasteiger partial charge in [-0.25, -0.2) is 0 Å². The Hall–Kier alpha value is -1.02. The van der Waals surface area contributed by atoms with Crippen molar-refractivity contribution in [1.29, 1.82) is 0 Å². The van der Waals surface area contributed by atoms with E-state index in [2.05, 4.69) is 62.3 Å². The Morgan fingerprint density at radius 2 is 2.00 bits per heavy atom. The number of hydrogen-bond acceptors (Lipinski definition) is 2. The van der Waals surface area contributed by atoms with Gasteiger partial charge in [-0.3, -0.25) is 0 Å². The number of hydrogen-bond donors (Lipinski definition) is 1. The number of anilines is 1. The van der Waals surface area contributed by atoms with E-state index in [1.165, 1.54) is 30.8 Å². The average Bonchev–Trinajstić information content (AvgIpc) is 2.44. The Morgan fingerprint density at radius 3 is 2.63 bits per heavy atom. The van der Waals surface area contributed by atoms with Crippen LogP contribution in [0.4, 0.5) is 5.69 Å². The molecule has 0 aromatic heterocycles. The first kappa shape index (κ1) is 14.4. The van der Waals surface area contributed by atoms with Gasteiger partial charge < -0.3 is 10.2 Å². The monoisotopic (exact) mass is 260 g/mol. The number of nitrogens with zero attached hydrogens (tertiary/aromatic N) is 1. The van der Waals surface area contributed by atoms with Crippen molar-refractivity contribution in [3.8, 4) is 0 Å². The first-order valence-electron chi connectivity index (χ1n) is 7.68. The third-order valence-electron chi connectivity index (χ3n) is 4.74. The highest BCUT2D eigenvalue weighted by Gasteiger charge is 2.25. The molecule has 1 fully saturated rings. The van der Waals surface area contributed by atoms with Crippen molar-refractivity contribution in [2.24, 2.45) is 11.8 Å². The third-order valence-corrected chi connectivity index (χ3v) is 4.74. The van der Waals surface area contributed by atoms with Crippen LogP contribution in [0.2, 0.25) is 0 Å². The second kappa shape index (κ2) is 6.42. The molecule has 0 saturated carbocycles. The van der Waals surface area contributed by atoms with Gasteiger partial charge in [-0.05, 0) is 43.4 Å². The Bertz CT molecular complexity index is 398. The minimum atomic E-state index is 0.464. The fourth-order valence-electron chi connectivity index (χ4n) is 3.13. The highest BCUT2D eigenvalue weighted by atomic mass is 15.1. The van der Waals surface area contributed by atoms with Gasteiger partial charge in [0, 0.05) is 24.8 Å². The summed E-state index contributed by atoms with van der Waals surface area (Å²) < 4.78 is 0. The molecule has 0 radical (unpaired) electrons. The van der Waals surface area contributed by atoms with Crippen molar-refractivity contribution in [1.82, 2.24) is 5.32 Å². The second-order valence-electron chi connectivity index (χ2n) is 6.00. The Kier molecular flexibility index (Phi) is 4.87. The molecule has 0 bridgehead atoms. The van der Waals surface area contributed by atoms with Crippen LogP contribution in [0.5, 0.6) is 0 Å². The minimum absolute atomic E-state index is 0.464. The molecule has 106 valence electrons. The van der Waals surface area contributed by atoms with Crippen molar-refractivity contribution in [3.05, 3.63) is 29.8 Å². The molecular weight excluding hydrogens is 232 g/mol. The Balaban J connectivity index is 2.24. The number of para-hydroxylation sites is 1. The van der Waals surface area contributed by atoms with E-state index in [-0.39, 0.29) is 0 Å². The van der Waals surface area contributed by atoms with E-state index in [0.29, 0.717) is 6.04 Å². The van der Waals surface area contributed by atoms with E-state index < -0.39 is 0 Å². The molecule has 1 aliphatic heterocycles. The molecule has 0 spiro atoms. The summed E-state index contributed by atoms with van der Waals surface area (Å²) >= 11 is 0. The zero-order chi connectivity index (χ0) is 13.8. The number of benzene rings is 1. The lowest BCUT2D eigenvalue weighted by atomic mass is 9.88. The zero-order valence-electron chi connectivity index (χ0n) is 12.8. The minimum Gasteiger partial charge on any atom is -0.371 e. The van der Waals surface area contributed by atoms with Crippen molar-refractivity contribution >= 4 is 5.69 Å². The summed E-state index contributed by atoms with van der Waals surface area (Å²) in [5.74, 6) is 1.64. The van der Waals surface area contributed by atoms with Crippen LogP contribution in [0.15, 0.2) is 24.3 Å². The fraction of sp³-hybridized carbons (Fsp3) is 0.647. The standard InChI is InChI=1S/C17H28N2/c1-5-16(18-4)15-8-6-7-9-17(15)19-11-10-13(2)14(3)12-19/h6-9,13-14,16,18H,5,10-12H2,1-4H3. The summed E-state index contributed by atoms with van der Waals surface area (Å²) in [5, 5.41) is 3.44. The van der Waals surface area contributed by atoms with E-state index in [1.54, 1.807) is 0 Å². The molecule has 1 aliphatic rings. The van der Waals surface area contributed by atoms with E-state index in [0.717, 1.165) is 18.3 Å². The van der Waals surface area contributed by atoms with Gasteiger partial charge in [0.2, 0.25) is 0 Å². The van der Waals surface area contributed by atoms with Gasteiger partial charge in [-0.1, -0.05) is 39.0 Å². The van der Waals surface area contributed by atoms with Gasteiger partial charge in [0.1, 0.15) is 0 Å². The second-order valence-corrected chi connectivity index (χ2v) is 6.00. The van der Waals surface area contributed by atoms with Gasteiger partial charge in [0.25, 0.3) is 0 Å². The first-order valence-corrected chi connectivity index (χ1v) is 7.68. The quantitative estimate of drug-likeness (QED) is 0.885. The molecule has 0 amide bonds. The molecule has 2 rings (SSSR count). The molecule has 19 heavy (non-hydrogen) atoms. The maximum atomic E-state index is 3.44. The molecule has 3 unspecified atom stereocenters. The fourth-order valence-corrected chi connectivity index (χ4v) is 3.13. The van der Waals surface area contributed by atoms with Crippen molar-refractivity contribution in [3.63, 3.8) is 0 Å². The van der Waals surface area contributed by atoms with Gasteiger partial charge in [0.05, 0.1) is 0 Å². The summed E-state index contributed by atoms with van der Waals surface area (Å²) in [5.41, 5.74) is 2.89. The summed E-state index contributed by atoms with van der Waals surface area (Å²) in [4.78, 5) is 2.58. The number of rotatable bonds is 4. The highest BCUT2D eigenvalue weighted by molar-refractivity contribution is 5.55. The van der Waals surface area contributed by atoms with Gasteiger partial charge in [0.15, 0.2) is 0 Å². The number of nitrogens with one attached hydrogen (secondary N) is 1. The number of piperidine rings is 1.